The molecule has 1 aliphatic carbocycles. The second kappa shape index (κ2) is 28.7. The maximum Gasteiger partial charge on any atom is 0.472 e. The van der Waals surface area contributed by atoms with Gasteiger partial charge in [0.05, 0.1) is 31.3 Å². The van der Waals surface area contributed by atoms with E-state index >= 15 is 0 Å². The first-order chi connectivity index (χ1) is 24.8. The van der Waals surface area contributed by atoms with Gasteiger partial charge in [-0.15, -0.1) is 0 Å². The molecule has 0 aromatic carbocycles. The molecule has 0 bridgehead atoms. The highest BCUT2D eigenvalue weighted by Crippen LogP contribution is 2.47. The molecule has 0 radical (unpaired) electrons. The molecule has 0 spiro atoms. The fourth-order valence-corrected chi connectivity index (χ4v) is 6.60. The lowest BCUT2D eigenvalue weighted by atomic mass is 9.85. The molecule has 0 aromatic heterocycles. The van der Waals surface area contributed by atoms with E-state index in [0.29, 0.717) is 25.7 Å². The zero-order chi connectivity index (χ0) is 38.8. The van der Waals surface area contributed by atoms with Gasteiger partial charge in [0.25, 0.3) is 0 Å². The van der Waals surface area contributed by atoms with Gasteiger partial charge in [-0.3, -0.25) is 13.8 Å². The van der Waals surface area contributed by atoms with Gasteiger partial charge in [-0.1, -0.05) is 101 Å². The summed E-state index contributed by atoms with van der Waals surface area (Å²) >= 11 is 0. The van der Waals surface area contributed by atoms with Crippen LogP contribution in [0.25, 0.3) is 0 Å². The van der Waals surface area contributed by atoms with E-state index in [0.717, 1.165) is 44.9 Å². The number of carbonyl (C=O) groups is 1. The van der Waals surface area contributed by atoms with Crippen molar-refractivity contribution in [3.63, 3.8) is 0 Å². The van der Waals surface area contributed by atoms with Gasteiger partial charge in [-0.2, -0.15) is 0 Å². The lowest BCUT2D eigenvalue weighted by Crippen LogP contribution is -2.64. The maximum absolute atomic E-state index is 12.9. The fourth-order valence-electron chi connectivity index (χ4n) is 5.63. The molecule has 0 aliphatic heterocycles. The monoisotopic (exact) mass is 761 g/mol. The largest absolute Gasteiger partial charge is 0.472 e. The van der Waals surface area contributed by atoms with Gasteiger partial charge in [-0.05, 0) is 64.2 Å². The quantitative estimate of drug-likeness (QED) is 0.0294. The molecular formula is C38H68NO12P. The summed E-state index contributed by atoms with van der Waals surface area (Å²) in [6.45, 7) is 3.57. The summed E-state index contributed by atoms with van der Waals surface area (Å²) in [4.78, 5) is 23.2. The maximum atomic E-state index is 12.9. The van der Waals surface area contributed by atoms with Crippen LogP contribution in [0.1, 0.15) is 123 Å². The summed E-state index contributed by atoms with van der Waals surface area (Å²) in [5.41, 5.74) is 0. The molecule has 8 atom stereocenters. The third kappa shape index (κ3) is 21.2. The lowest BCUT2D eigenvalue weighted by Gasteiger charge is -2.41. The molecule has 0 aromatic rings. The van der Waals surface area contributed by atoms with E-state index in [2.05, 4.69) is 49.5 Å². The Kier molecular flexibility index (Phi) is 26.6. The Morgan fingerprint density at radius 1 is 0.673 bits per heavy atom. The van der Waals surface area contributed by atoms with Crippen molar-refractivity contribution in [1.82, 2.24) is 5.32 Å². The van der Waals surface area contributed by atoms with Gasteiger partial charge >= 0.3 is 7.82 Å². The van der Waals surface area contributed by atoms with Crippen molar-refractivity contribution < 1.29 is 59.0 Å². The number of aliphatic hydroxyl groups excluding tert-OH is 7. The van der Waals surface area contributed by atoms with Crippen molar-refractivity contribution in [2.45, 2.75) is 178 Å². The van der Waals surface area contributed by atoms with Gasteiger partial charge in [0, 0.05) is 0 Å². The average Bonchev–Trinajstić information content (AvgIpc) is 3.11. The standard InChI is InChI=1S/C38H68NO12P/c1-3-5-7-9-11-13-15-17-19-21-23-25-29(40)27-32(42)39-30(31(41)26-24-22-20-18-16-14-12-10-8-6-4-2)28-50-52(48,49)51-38-36(46)34(44)33(43)35(45)37(38)47/h8,10,16-19,24,26,29-31,33-38,40-41,43-47H,3-7,9,11-15,20-23,25,27-28H2,1-2H3,(H,39,42)(H,48,49)/b10-8+,18-16+,19-17-,26-24+. The fraction of sp³-hybridized carbons (Fsp3) is 0.763. The molecule has 13 nitrogen and oxygen atoms in total. The number of nitrogens with one attached hydrogen (secondary N) is 1. The predicted molar refractivity (Wildman–Crippen MR) is 201 cm³/mol. The van der Waals surface area contributed by atoms with Crippen LogP contribution in [0.15, 0.2) is 48.6 Å². The third-order valence-corrected chi connectivity index (χ3v) is 9.83. The van der Waals surface area contributed by atoms with Crippen molar-refractivity contribution in [1.29, 1.82) is 0 Å². The Bertz CT molecular complexity index is 1090. The van der Waals surface area contributed by atoms with Crippen LogP contribution in [-0.2, 0) is 18.4 Å². The Morgan fingerprint density at radius 3 is 1.77 bits per heavy atom. The normalized spacial score (nSPS) is 25.7. The van der Waals surface area contributed by atoms with E-state index in [1.165, 1.54) is 38.2 Å². The predicted octanol–water partition coefficient (Wildman–Crippen LogP) is 4.41. The number of phosphoric acid groups is 1. The zero-order valence-electron chi connectivity index (χ0n) is 31.2. The van der Waals surface area contributed by atoms with Crippen molar-refractivity contribution in [3.8, 4) is 0 Å². The Morgan fingerprint density at radius 2 is 1.17 bits per heavy atom. The topological polar surface area (TPSA) is 226 Å². The van der Waals surface area contributed by atoms with Crippen molar-refractivity contribution >= 4 is 13.7 Å². The molecule has 1 rings (SSSR count). The van der Waals surface area contributed by atoms with Crippen LogP contribution in [0.4, 0.5) is 0 Å². The second-order valence-electron chi connectivity index (χ2n) is 13.6. The molecule has 14 heteroatoms. The first kappa shape index (κ1) is 48.3. The van der Waals surface area contributed by atoms with Gasteiger partial charge in [0.15, 0.2) is 0 Å². The van der Waals surface area contributed by atoms with Crippen LogP contribution < -0.4 is 5.32 Å². The Balaban J connectivity index is 2.72. The summed E-state index contributed by atoms with van der Waals surface area (Å²) < 4.78 is 22.7. The van der Waals surface area contributed by atoms with Crippen molar-refractivity contribution in [2.75, 3.05) is 6.61 Å². The molecule has 8 unspecified atom stereocenters. The number of carbonyl (C=O) groups excluding carboxylic acids is 1. The van der Waals surface area contributed by atoms with Crippen LogP contribution in [0.5, 0.6) is 0 Å². The number of rotatable bonds is 29. The van der Waals surface area contributed by atoms with E-state index in [4.69, 9.17) is 9.05 Å². The number of hydrogen-bond donors (Lipinski definition) is 9. The van der Waals surface area contributed by atoms with Gasteiger partial charge in [-0.25, -0.2) is 4.57 Å². The minimum absolute atomic E-state index is 0.279. The molecule has 1 fully saturated rings. The van der Waals surface area contributed by atoms with E-state index in [9.17, 15) is 50.0 Å². The molecular weight excluding hydrogens is 693 g/mol. The number of amides is 1. The lowest BCUT2D eigenvalue weighted by molar-refractivity contribution is -0.220. The Labute approximate surface area is 310 Å². The van der Waals surface area contributed by atoms with Gasteiger partial charge < -0.3 is 46.0 Å². The van der Waals surface area contributed by atoms with E-state index in [-0.39, 0.29) is 6.42 Å². The van der Waals surface area contributed by atoms with Crippen molar-refractivity contribution in [2.24, 2.45) is 0 Å². The first-order valence-electron chi connectivity index (χ1n) is 19.2. The Hall–Kier alpha value is -1.74. The summed E-state index contributed by atoms with van der Waals surface area (Å²) in [5, 5.41) is 73.9. The summed E-state index contributed by atoms with van der Waals surface area (Å²) in [6.07, 6.45) is 16.7. The average molecular weight is 762 g/mol. The first-order valence-corrected chi connectivity index (χ1v) is 20.7. The highest BCUT2D eigenvalue weighted by atomic mass is 31.2. The van der Waals surface area contributed by atoms with Gasteiger partial charge in [0.2, 0.25) is 5.91 Å². The number of allylic oxidation sites excluding steroid dienone is 7. The van der Waals surface area contributed by atoms with E-state index in [1.807, 2.05) is 6.08 Å². The van der Waals surface area contributed by atoms with Gasteiger partial charge in [0.1, 0.15) is 36.6 Å². The smallest absolute Gasteiger partial charge is 0.393 e. The number of phosphoric ester groups is 1. The minimum Gasteiger partial charge on any atom is -0.393 e. The molecule has 9 N–H and O–H groups in total. The van der Waals surface area contributed by atoms with Crippen LogP contribution in [0, 0.1) is 0 Å². The van der Waals surface area contributed by atoms with Crippen LogP contribution in [0.2, 0.25) is 0 Å². The van der Waals surface area contributed by atoms with E-state index < -0.39 is 75.2 Å². The zero-order valence-corrected chi connectivity index (χ0v) is 32.1. The summed E-state index contributed by atoms with van der Waals surface area (Å²) in [6, 6.07) is -1.27. The SMILES string of the molecule is CCC/C=C/CC/C=C/CC/C=C/C(O)C(COP(=O)(O)OC1C(O)C(O)C(O)C(O)C1O)NC(=O)CC(O)CCC/C=C\CCCCCCCC. The molecule has 1 amide bonds. The number of aliphatic hydroxyl groups is 7. The van der Waals surface area contributed by atoms with Crippen LogP contribution in [-0.4, -0.2) is 108 Å². The molecule has 1 saturated carbocycles. The highest BCUT2D eigenvalue weighted by Gasteiger charge is 2.51. The minimum atomic E-state index is -5.15. The van der Waals surface area contributed by atoms with E-state index in [1.54, 1.807) is 6.08 Å². The summed E-state index contributed by atoms with van der Waals surface area (Å²) in [7, 11) is -5.15. The highest BCUT2D eigenvalue weighted by molar-refractivity contribution is 7.47. The molecule has 302 valence electrons. The van der Waals surface area contributed by atoms with Crippen LogP contribution >= 0.6 is 7.82 Å². The molecule has 0 heterocycles. The summed E-state index contributed by atoms with van der Waals surface area (Å²) in [5.74, 6) is -0.630. The molecule has 0 saturated heterocycles. The number of hydrogen-bond acceptors (Lipinski definition) is 11. The second-order valence-corrected chi connectivity index (χ2v) is 15.0. The number of unbranched alkanes of at least 4 members (excludes halogenated alkanes) is 10. The third-order valence-electron chi connectivity index (χ3n) is 8.85. The molecule has 52 heavy (non-hydrogen) atoms. The van der Waals surface area contributed by atoms with Crippen LogP contribution in [0.3, 0.4) is 0 Å². The van der Waals surface area contributed by atoms with Crippen molar-refractivity contribution in [3.05, 3.63) is 48.6 Å². The molecule has 1 aliphatic rings.